The van der Waals surface area contributed by atoms with E-state index < -0.39 is 53.1 Å². The highest BCUT2D eigenvalue weighted by Gasteiger charge is 2.53. The molecule has 0 radical (unpaired) electrons. The molecular formula is C28H29Cl3F3N3O4. The summed E-state index contributed by atoms with van der Waals surface area (Å²) in [5, 5.41) is 13.7. The fraction of sp³-hybridized carbons (Fsp3) is 0.571. The monoisotopic (exact) mass is 633 g/mol. The van der Waals surface area contributed by atoms with Crippen LogP contribution in [-0.4, -0.2) is 50.5 Å². The molecule has 0 aliphatic heterocycles. The average molecular weight is 635 g/mol. The molecule has 1 spiro atoms. The van der Waals surface area contributed by atoms with Crippen molar-refractivity contribution in [2.24, 2.45) is 16.7 Å². The predicted molar refractivity (Wildman–Crippen MR) is 147 cm³/mol. The zero-order valence-electron chi connectivity index (χ0n) is 22.2. The Kier molecular flexibility index (Phi) is 7.92. The molecule has 0 atom stereocenters. The van der Waals surface area contributed by atoms with Gasteiger partial charge in [-0.1, -0.05) is 34.8 Å². The maximum Gasteiger partial charge on any atom is 0.433 e. The van der Waals surface area contributed by atoms with E-state index >= 15 is 0 Å². The Labute approximate surface area is 249 Å². The van der Waals surface area contributed by atoms with Crippen LogP contribution in [0.2, 0.25) is 15.1 Å². The molecule has 7 nitrogen and oxygen atoms in total. The van der Waals surface area contributed by atoms with E-state index in [9.17, 15) is 32.7 Å². The Hall–Kier alpha value is -2.30. The Morgan fingerprint density at radius 1 is 1.07 bits per heavy atom. The van der Waals surface area contributed by atoms with Crippen LogP contribution < -0.4 is 0 Å². The summed E-state index contributed by atoms with van der Waals surface area (Å²) in [6, 6.07) is 1.95. The number of carboxylic acids is 1. The first-order valence-electron chi connectivity index (χ1n) is 13.5. The number of aromatic nitrogens is 2. The number of carbonyl (C=O) groups excluding carboxylic acids is 2. The van der Waals surface area contributed by atoms with Gasteiger partial charge in [0.2, 0.25) is 0 Å². The van der Waals surface area contributed by atoms with Crippen molar-refractivity contribution in [2.45, 2.75) is 70.5 Å². The second-order valence-electron chi connectivity index (χ2n) is 12.1. The topological polar surface area (TPSA) is 92.5 Å². The second kappa shape index (κ2) is 10.8. The molecule has 1 aromatic heterocycles. The molecule has 5 rings (SSSR count). The fourth-order valence-electron chi connectivity index (χ4n) is 6.42. The highest BCUT2D eigenvalue weighted by atomic mass is 35.5. The molecule has 0 unspecified atom stereocenters. The van der Waals surface area contributed by atoms with Gasteiger partial charge >= 0.3 is 12.1 Å². The number of hydrogen-bond acceptors (Lipinski definition) is 4. The molecule has 1 amide bonds. The van der Waals surface area contributed by atoms with Crippen LogP contribution in [0, 0.1) is 16.7 Å². The van der Waals surface area contributed by atoms with E-state index in [2.05, 4.69) is 5.10 Å². The van der Waals surface area contributed by atoms with Crippen LogP contribution in [0.15, 0.2) is 18.3 Å². The summed E-state index contributed by atoms with van der Waals surface area (Å²) in [4.78, 5) is 39.9. The molecule has 41 heavy (non-hydrogen) atoms. The number of aliphatic carboxylic acids is 1. The molecule has 3 aliphatic rings. The Morgan fingerprint density at radius 3 is 2.17 bits per heavy atom. The quantitative estimate of drug-likeness (QED) is 0.302. The van der Waals surface area contributed by atoms with E-state index in [4.69, 9.17) is 34.8 Å². The lowest BCUT2D eigenvalue weighted by Crippen LogP contribution is -2.43. The molecule has 1 heterocycles. The third-order valence-corrected chi connectivity index (χ3v) is 9.82. The van der Waals surface area contributed by atoms with Crippen molar-refractivity contribution in [3.05, 3.63) is 50.2 Å². The molecule has 222 valence electrons. The van der Waals surface area contributed by atoms with Crippen LogP contribution in [0.25, 0.3) is 0 Å². The van der Waals surface area contributed by atoms with Crippen LogP contribution in [-0.2, 0) is 11.0 Å². The number of ketones is 1. The number of amides is 1. The van der Waals surface area contributed by atoms with Crippen LogP contribution in [0.5, 0.6) is 0 Å². The van der Waals surface area contributed by atoms with Gasteiger partial charge in [0.25, 0.3) is 5.91 Å². The van der Waals surface area contributed by atoms with Gasteiger partial charge in [0, 0.05) is 11.6 Å². The molecule has 3 fully saturated rings. The van der Waals surface area contributed by atoms with Crippen molar-refractivity contribution in [3.63, 3.8) is 0 Å². The van der Waals surface area contributed by atoms with Crippen molar-refractivity contribution >= 4 is 52.5 Å². The molecule has 1 N–H and O–H groups in total. The first-order chi connectivity index (χ1) is 19.1. The van der Waals surface area contributed by atoms with Gasteiger partial charge in [-0.2, -0.15) is 18.3 Å². The largest absolute Gasteiger partial charge is 0.481 e. The van der Waals surface area contributed by atoms with Gasteiger partial charge in [0.05, 0.1) is 45.4 Å². The summed E-state index contributed by atoms with van der Waals surface area (Å²) in [6.45, 7) is 1.17. The van der Waals surface area contributed by atoms with Gasteiger partial charge in [-0.15, -0.1) is 0 Å². The lowest BCUT2D eigenvalue weighted by Gasteiger charge is -2.39. The van der Waals surface area contributed by atoms with Gasteiger partial charge in [0.1, 0.15) is 0 Å². The zero-order chi connectivity index (χ0) is 29.9. The first kappa shape index (κ1) is 30.2. The van der Waals surface area contributed by atoms with Crippen molar-refractivity contribution in [1.82, 2.24) is 14.7 Å². The van der Waals surface area contributed by atoms with Crippen LogP contribution >= 0.6 is 34.8 Å². The lowest BCUT2D eigenvalue weighted by atomic mass is 9.71. The minimum Gasteiger partial charge on any atom is -0.481 e. The number of carboxylic acid groups (broad SMARTS) is 1. The van der Waals surface area contributed by atoms with Gasteiger partial charge in [-0.3, -0.25) is 19.1 Å². The predicted octanol–water partition coefficient (Wildman–Crippen LogP) is 7.58. The smallest absolute Gasteiger partial charge is 0.433 e. The number of benzene rings is 1. The molecule has 0 saturated heterocycles. The van der Waals surface area contributed by atoms with Gasteiger partial charge in [-0.25, -0.2) is 0 Å². The SMILES string of the molecule is CC1(C(=O)O)CCC(n2ncc(C(=O)N(CC(=O)c3c(Cl)cc(Cl)cc3Cl)CC3CC4(CC4)C3)c2C(F)(F)F)CC1. The summed E-state index contributed by atoms with van der Waals surface area (Å²) in [5.74, 6) is -2.51. The number of alkyl halides is 3. The van der Waals surface area contributed by atoms with Crippen molar-refractivity contribution in [3.8, 4) is 0 Å². The number of hydrogen-bond donors (Lipinski definition) is 1. The van der Waals surface area contributed by atoms with Crippen molar-refractivity contribution in [2.75, 3.05) is 13.1 Å². The number of carbonyl (C=O) groups is 3. The average Bonchev–Trinajstić information content (AvgIpc) is 3.51. The van der Waals surface area contributed by atoms with E-state index in [1.54, 1.807) is 6.92 Å². The Balaban J connectivity index is 1.44. The zero-order valence-corrected chi connectivity index (χ0v) is 24.5. The molecule has 3 aliphatic carbocycles. The minimum absolute atomic E-state index is 0.0186. The van der Waals surface area contributed by atoms with Gasteiger partial charge in [0.15, 0.2) is 11.5 Å². The minimum atomic E-state index is -4.91. The van der Waals surface area contributed by atoms with E-state index in [0.717, 1.165) is 41.5 Å². The summed E-state index contributed by atoms with van der Waals surface area (Å²) >= 11 is 18.4. The standard InChI is InChI=1S/C28H29Cl3F3N3O4/c1-26(25(40)41)4-2-17(3-5-26)37-23(28(32,33)34)18(12-35-37)24(39)36(13-15-10-27(11-15)6-7-27)14-21(38)22-19(30)8-16(29)9-20(22)31/h8-9,12,15,17H,2-7,10-11,13-14H2,1H3,(H,40,41). The lowest BCUT2D eigenvalue weighted by molar-refractivity contribution is -0.152. The van der Waals surface area contributed by atoms with Crippen LogP contribution in [0.3, 0.4) is 0 Å². The van der Waals surface area contributed by atoms with Crippen LogP contribution in [0.1, 0.15) is 90.7 Å². The summed E-state index contributed by atoms with van der Waals surface area (Å²) in [6.07, 6.45) is 0.579. The summed E-state index contributed by atoms with van der Waals surface area (Å²) in [7, 11) is 0. The van der Waals surface area contributed by atoms with Gasteiger partial charge < -0.3 is 10.0 Å². The number of nitrogens with zero attached hydrogens (tertiary/aromatic N) is 3. The fourth-order valence-corrected chi connectivity index (χ4v) is 7.45. The molecule has 3 saturated carbocycles. The van der Waals surface area contributed by atoms with Crippen molar-refractivity contribution in [1.29, 1.82) is 0 Å². The number of halogens is 6. The van der Waals surface area contributed by atoms with E-state index in [1.165, 1.54) is 12.1 Å². The molecule has 0 bridgehead atoms. The number of Topliss-reactive ketones (excluding diaryl/α,β-unsaturated/α-hetero) is 1. The molecular weight excluding hydrogens is 606 g/mol. The highest BCUT2D eigenvalue weighted by Crippen LogP contribution is 2.63. The number of rotatable bonds is 8. The van der Waals surface area contributed by atoms with E-state index in [-0.39, 0.29) is 64.2 Å². The molecule has 1 aromatic carbocycles. The summed E-state index contributed by atoms with van der Waals surface area (Å²) < 4.78 is 44.3. The second-order valence-corrected chi connectivity index (χ2v) is 13.3. The van der Waals surface area contributed by atoms with E-state index in [0.29, 0.717) is 0 Å². The third kappa shape index (κ3) is 5.97. The highest BCUT2D eigenvalue weighted by molar-refractivity contribution is 6.42. The Morgan fingerprint density at radius 2 is 1.66 bits per heavy atom. The maximum absolute atomic E-state index is 14.5. The first-order valence-corrected chi connectivity index (χ1v) is 14.6. The summed E-state index contributed by atoms with van der Waals surface area (Å²) in [5.41, 5.74) is -2.65. The van der Waals surface area contributed by atoms with Gasteiger partial charge in [-0.05, 0) is 81.8 Å². The normalized spacial score (nSPS) is 23.7. The Bertz CT molecular complexity index is 1370. The molecule has 13 heteroatoms. The van der Waals surface area contributed by atoms with Crippen LogP contribution in [0.4, 0.5) is 13.2 Å². The van der Waals surface area contributed by atoms with Crippen molar-refractivity contribution < 1.29 is 32.7 Å². The maximum atomic E-state index is 14.5. The molecule has 2 aromatic rings. The van der Waals surface area contributed by atoms with E-state index in [1.807, 2.05) is 0 Å². The third-order valence-electron chi connectivity index (χ3n) is 9.00.